The van der Waals surface area contributed by atoms with Crippen LogP contribution in [0, 0.1) is 0 Å². The standard InChI is InChI=1S/C21H24N2O3/c24-20-6-4-19(5-7-20)22-9-11-23(12-10-22)21(25)17-3-1-2-16(14-17)18-8-13-26-15-18/h1-7,14,18,24H,8-13,15H2. The number of rotatable bonds is 3. The largest absolute Gasteiger partial charge is 0.508 e. The van der Waals surface area contributed by atoms with E-state index in [4.69, 9.17) is 4.74 Å². The highest BCUT2D eigenvalue weighted by atomic mass is 16.5. The molecule has 1 unspecified atom stereocenters. The summed E-state index contributed by atoms with van der Waals surface area (Å²) in [6, 6.07) is 15.3. The molecule has 2 aromatic carbocycles. The lowest BCUT2D eigenvalue weighted by Crippen LogP contribution is -2.48. The molecular weight excluding hydrogens is 328 g/mol. The van der Waals surface area contributed by atoms with E-state index in [2.05, 4.69) is 11.0 Å². The van der Waals surface area contributed by atoms with E-state index in [9.17, 15) is 9.90 Å². The molecule has 2 aliphatic heterocycles. The van der Waals surface area contributed by atoms with Gasteiger partial charge in [-0.05, 0) is 48.4 Å². The van der Waals surface area contributed by atoms with Crippen LogP contribution in [-0.2, 0) is 4.74 Å². The SMILES string of the molecule is O=C(c1cccc(C2CCOC2)c1)N1CCN(c2ccc(O)cc2)CC1. The van der Waals surface area contributed by atoms with Gasteiger partial charge in [0, 0.05) is 50.0 Å². The topological polar surface area (TPSA) is 53.0 Å². The third kappa shape index (κ3) is 3.53. The average Bonchev–Trinajstić information content (AvgIpc) is 3.23. The highest BCUT2D eigenvalue weighted by Gasteiger charge is 2.24. The maximum Gasteiger partial charge on any atom is 0.253 e. The molecule has 0 radical (unpaired) electrons. The molecule has 0 aliphatic carbocycles. The number of phenolic OH excluding ortho intramolecular Hbond substituents is 1. The summed E-state index contributed by atoms with van der Waals surface area (Å²) in [5, 5.41) is 9.42. The summed E-state index contributed by atoms with van der Waals surface area (Å²) in [6.45, 7) is 4.57. The number of amides is 1. The van der Waals surface area contributed by atoms with E-state index >= 15 is 0 Å². The summed E-state index contributed by atoms with van der Waals surface area (Å²) in [5.41, 5.74) is 3.06. The summed E-state index contributed by atoms with van der Waals surface area (Å²) in [6.07, 6.45) is 1.03. The van der Waals surface area contributed by atoms with Crippen LogP contribution in [0.1, 0.15) is 28.3 Å². The minimum absolute atomic E-state index is 0.108. The minimum Gasteiger partial charge on any atom is -0.508 e. The molecule has 2 saturated heterocycles. The monoisotopic (exact) mass is 352 g/mol. The molecule has 26 heavy (non-hydrogen) atoms. The van der Waals surface area contributed by atoms with Gasteiger partial charge in [-0.3, -0.25) is 4.79 Å². The predicted octanol–water partition coefficient (Wildman–Crippen LogP) is 2.86. The zero-order valence-corrected chi connectivity index (χ0v) is 14.8. The Bertz CT molecular complexity index is 761. The molecule has 2 aliphatic rings. The number of benzene rings is 2. The van der Waals surface area contributed by atoms with Crippen molar-refractivity contribution in [3.63, 3.8) is 0 Å². The number of anilines is 1. The van der Waals surface area contributed by atoms with Crippen molar-refractivity contribution < 1.29 is 14.6 Å². The molecule has 2 aromatic rings. The second kappa shape index (κ2) is 7.38. The van der Waals surface area contributed by atoms with Gasteiger partial charge in [0.1, 0.15) is 5.75 Å². The van der Waals surface area contributed by atoms with Crippen molar-refractivity contribution in [1.82, 2.24) is 4.90 Å². The molecule has 0 aromatic heterocycles. The maximum absolute atomic E-state index is 12.9. The number of piperazine rings is 1. The second-order valence-electron chi connectivity index (χ2n) is 6.98. The van der Waals surface area contributed by atoms with Gasteiger partial charge in [-0.15, -0.1) is 0 Å². The van der Waals surface area contributed by atoms with Crippen molar-refractivity contribution in [2.75, 3.05) is 44.3 Å². The summed E-state index contributed by atoms with van der Waals surface area (Å²) in [5.74, 6) is 0.792. The Kier molecular flexibility index (Phi) is 4.80. The van der Waals surface area contributed by atoms with Gasteiger partial charge in [-0.1, -0.05) is 12.1 Å². The van der Waals surface area contributed by atoms with E-state index in [0.717, 1.165) is 44.0 Å². The van der Waals surface area contributed by atoms with Crippen LogP contribution in [0.25, 0.3) is 0 Å². The fourth-order valence-electron chi connectivity index (χ4n) is 3.74. The molecular formula is C21H24N2O3. The molecule has 5 nitrogen and oxygen atoms in total. The molecule has 0 saturated carbocycles. The highest BCUT2D eigenvalue weighted by molar-refractivity contribution is 5.94. The Morgan fingerprint density at radius 2 is 1.81 bits per heavy atom. The Morgan fingerprint density at radius 1 is 1.04 bits per heavy atom. The van der Waals surface area contributed by atoms with Crippen LogP contribution in [0.4, 0.5) is 5.69 Å². The van der Waals surface area contributed by atoms with E-state index in [0.29, 0.717) is 19.0 Å². The first-order valence-corrected chi connectivity index (χ1v) is 9.22. The Hall–Kier alpha value is -2.53. The molecule has 0 spiro atoms. The molecule has 1 atom stereocenters. The van der Waals surface area contributed by atoms with Crippen LogP contribution in [0.2, 0.25) is 0 Å². The second-order valence-corrected chi connectivity index (χ2v) is 6.98. The van der Waals surface area contributed by atoms with E-state index < -0.39 is 0 Å². The fourth-order valence-corrected chi connectivity index (χ4v) is 3.74. The highest BCUT2D eigenvalue weighted by Crippen LogP contribution is 2.26. The summed E-state index contributed by atoms with van der Waals surface area (Å²) in [4.78, 5) is 17.1. The van der Waals surface area contributed by atoms with Crippen LogP contribution >= 0.6 is 0 Å². The van der Waals surface area contributed by atoms with Crippen LogP contribution in [0.3, 0.4) is 0 Å². The number of carbonyl (C=O) groups excluding carboxylic acids is 1. The summed E-state index contributed by atoms with van der Waals surface area (Å²) in [7, 11) is 0. The number of ether oxygens (including phenoxy) is 1. The van der Waals surface area contributed by atoms with Crippen molar-refractivity contribution in [3.05, 3.63) is 59.7 Å². The Morgan fingerprint density at radius 3 is 2.50 bits per heavy atom. The maximum atomic E-state index is 12.9. The molecule has 136 valence electrons. The molecule has 0 bridgehead atoms. The molecule has 1 amide bonds. The lowest BCUT2D eigenvalue weighted by atomic mass is 9.96. The smallest absolute Gasteiger partial charge is 0.253 e. The third-order valence-electron chi connectivity index (χ3n) is 5.32. The van der Waals surface area contributed by atoms with E-state index in [-0.39, 0.29) is 11.7 Å². The first-order valence-electron chi connectivity index (χ1n) is 9.22. The first-order chi connectivity index (χ1) is 12.7. The van der Waals surface area contributed by atoms with Crippen LogP contribution in [0.15, 0.2) is 48.5 Å². The van der Waals surface area contributed by atoms with Crippen LogP contribution in [-0.4, -0.2) is 55.3 Å². The minimum atomic E-state index is 0.108. The lowest BCUT2D eigenvalue weighted by molar-refractivity contribution is 0.0746. The third-order valence-corrected chi connectivity index (χ3v) is 5.32. The van der Waals surface area contributed by atoms with E-state index in [1.807, 2.05) is 35.2 Å². The van der Waals surface area contributed by atoms with Crippen LogP contribution < -0.4 is 4.90 Å². The Balaban J connectivity index is 1.40. The zero-order valence-electron chi connectivity index (χ0n) is 14.8. The number of aromatic hydroxyl groups is 1. The Labute approximate surface area is 153 Å². The van der Waals surface area contributed by atoms with Gasteiger partial charge < -0.3 is 19.6 Å². The van der Waals surface area contributed by atoms with Crippen molar-refractivity contribution >= 4 is 11.6 Å². The summed E-state index contributed by atoms with van der Waals surface area (Å²) < 4.78 is 5.47. The molecule has 5 heteroatoms. The summed E-state index contributed by atoms with van der Waals surface area (Å²) >= 11 is 0. The van der Waals surface area contributed by atoms with Gasteiger partial charge in [0.25, 0.3) is 5.91 Å². The van der Waals surface area contributed by atoms with Crippen LogP contribution in [0.5, 0.6) is 5.75 Å². The first kappa shape index (κ1) is 16.9. The van der Waals surface area contributed by atoms with Gasteiger partial charge in [-0.25, -0.2) is 0 Å². The molecule has 1 N–H and O–H groups in total. The van der Waals surface area contributed by atoms with E-state index in [1.54, 1.807) is 12.1 Å². The van der Waals surface area contributed by atoms with Crippen molar-refractivity contribution in [2.24, 2.45) is 0 Å². The van der Waals surface area contributed by atoms with E-state index in [1.165, 1.54) is 5.56 Å². The van der Waals surface area contributed by atoms with Gasteiger partial charge in [-0.2, -0.15) is 0 Å². The number of nitrogens with zero attached hydrogens (tertiary/aromatic N) is 2. The average molecular weight is 352 g/mol. The fraction of sp³-hybridized carbons (Fsp3) is 0.381. The van der Waals surface area contributed by atoms with Gasteiger partial charge >= 0.3 is 0 Å². The number of carbonyl (C=O) groups is 1. The zero-order chi connectivity index (χ0) is 17.9. The number of hydrogen-bond donors (Lipinski definition) is 1. The number of hydrogen-bond acceptors (Lipinski definition) is 4. The van der Waals surface area contributed by atoms with Gasteiger partial charge in [0.05, 0.1) is 6.61 Å². The van der Waals surface area contributed by atoms with Crippen molar-refractivity contribution in [2.45, 2.75) is 12.3 Å². The molecule has 2 fully saturated rings. The lowest BCUT2D eigenvalue weighted by Gasteiger charge is -2.36. The molecule has 4 rings (SSSR count). The van der Waals surface area contributed by atoms with Gasteiger partial charge in [0.2, 0.25) is 0 Å². The molecule has 2 heterocycles. The number of phenols is 1. The van der Waals surface area contributed by atoms with Crippen molar-refractivity contribution in [1.29, 1.82) is 0 Å². The van der Waals surface area contributed by atoms with Gasteiger partial charge in [0.15, 0.2) is 0 Å². The van der Waals surface area contributed by atoms with Crippen molar-refractivity contribution in [3.8, 4) is 5.75 Å². The predicted molar refractivity (Wildman–Crippen MR) is 101 cm³/mol. The normalized spacial score (nSPS) is 20.4. The quantitative estimate of drug-likeness (QED) is 0.923.